The first-order chi connectivity index (χ1) is 10.8. The van der Waals surface area contributed by atoms with Crippen molar-refractivity contribution in [2.24, 2.45) is 5.92 Å². The van der Waals surface area contributed by atoms with Gasteiger partial charge >= 0.3 is 0 Å². The van der Waals surface area contributed by atoms with E-state index in [1.54, 1.807) is 4.68 Å². The van der Waals surface area contributed by atoms with Gasteiger partial charge in [0.25, 0.3) is 5.56 Å². The first-order valence-electron chi connectivity index (χ1n) is 8.71. The molecule has 4 nitrogen and oxygen atoms in total. The van der Waals surface area contributed by atoms with Gasteiger partial charge in [0, 0.05) is 43.3 Å². The van der Waals surface area contributed by atoms with Crippen molar-refractivity contribution in [1.29, 1.82) is 0 Å². The summed E-state index contributed by atoms with van der Waals surface area (Å²) >= 11 is 1.90. The number of rotatable bonds is 3. The molecule has 4 rings (SSSR count). The zero-order chi connectivity index (χ0) is 14.9. The third kappa shape index (κ3) is 2.98. The highest BCUT2D eigenvalue weighted by atomic mass is 32.2. The number of aromatic nitrogens is 2. The molecule has 0 bridgehead atoms. The second-order valence-electron chi connectivity index (χ2n) is 7.05. The fraction of sp³-hybridized carbons (Fsp3) is 0.765. The van der Waals surface area contributed by atoms with Crippen molar-refractivity contribution in [1.82, 2.24) is 14.7 Å². The zero-order valence-corrected chi connectivity index (χ0v) is 14.0. The molecule has 0 unspecified atom stereocenters. The van der Waals surface area contributed by atoms with Crippen molar-refractivity contribution >= 4 is 11.8 Å². The highest BCUT2D eigenvalue weighted by Crippen LogP contribution is 2.29. The van der Waals surface area contributed by atoms with E-state index in [4.69, 9.17) is 0 Å². The third-order valence-electron chi connectivity index (χ3n) is 5.41. The van der Waals surface area contributed by atoms with Gasteiger partial charge in [-0.15, -0.1) is 0 Å². The van der Waals surface area contributed by atoms with Gasteiger partial charge in [-0.05, 0) is 24.2 Å². The topological polar surface area (TPSA) is 38.1 Å². The minimum absolute atomic E-state index is 0.0948. The maximum Gasteiger partial charge on any atom is 0.267 e. The number of thioether (sulfide) groups is 1. The van der Waals surface area contributed by atoms with Crippen LogP contribution >= 0.6 is 11.8 Å². The van der Waals surface area contributed by atoms with E-state index in [-0.39, 0.29) is 5.56 Å². The van der Waals surface area contributed by atoms with E-state index < -0.39 is 0 Å². The lowest BCUT2D eigenvalue weighted by Gasteiger charge is -2.45. The van der Waals surface area contributed by atoms with E-state index in [1.807, 2.05) is 17.8 Å². The van der Waals surface area contributed by atoms with Crippen molar-refractivity contribution in [3.8, 4) is 0 Å². The molecule has 0 N–H and O–H groups in total. The molecule has 0 spiro atoms. The SMILES string of the molecule is O=c1cc2c(nn1CC1CN(C3CCCCC3)C1)CCSC2. The molecule has 0 amide bonds. The van der Waals surface area contributed by atoms with E-state index in [1.165, 1.54) is 32.1 Å². The predicted molar refractivity (Wildman–Crippen MR) is 90.3 cm³/mol. The molecule has 0 radical (unpaired) electrons. The van der Waals surface area contributed by atoms with Crippen molar-refractivity contribution in [2.75, 3.05) is 18.8 Å². The van der Waals surface area contributed by atoms with Crippen LogP contribution < -0.4 is 5.56 Å². The lowest BCUT2D eigenvalue weighted by atomic mass is 9.89. The molecule has 22 heavy (non-hydrogen) atoms. The van der Waals surface area contributed by atoms with E-state index in [9.17, 15) is 4.79 Å². The molecular weight excluding hydrogens is 294 g/mol. The van der Waals surface area contributed by atoms with Gasteiger partial charge in [-0.2, -0.15) is 16.9 Å². The van der Waals surface area contributed by atoms with Gasteiger partial charge in [0.15, 0.2) is 0 Å². The summed E-state index contributed by atoms with van der Waals surface area (Å²) in [6, 6.07) is 2.64. The highest BCUT2D eigenvalue weighted by Gasteiger charge is 2.33. The number of likely N-dealkylation sites (tertiary alicyclic amines) is 1. The van der Waals surface area contributed by atoms with E-state index in [2.05, 4.69) is 10.00 Å². The first-order valence-corrected chi connectivity index (χ1v) is 9.87. The molecule has 3 heterocycles. The number of hydrogen-bond acceptors (Lipinski definition) is 4. The van der Waals surface area contributed by atoms with Gasteiger partial charge in [-0.3, -0.25) is 9.69 Å². The average Bonchev–Trinajstić information content (AvgIpc) is 2.51. The minimum atomic E-state index is 0.0948. The van der Waals surface area contributed by atoms with Crippen LogP contribution in [-0.4, -0.2) is 39.6 Å². The Balaban J connectivity index is 1.37. The molecular formula is C17H25N3OS. The van der Waals surface area contributed by atoms with Crippen LogP contribution in [-0.2, 0) is 18.7 Å². The summed E-state index contributed by atoms with van der Waals surface area (Å²) in [6.07, 6.45) is 7.98. The van der Waals surface area contributed by atoms with Crippen molar-refractivity contribution in [3.05, 3.63) is 27.7 Å². The molecule has 0 atom stereocenters. The summed E-state index contributed by atoms with van der Waals surface area (Å²) in [5, 5.41) is 4.64. The Morgan fingerprint density at radius 2 is 2.05 bits per heavy atom. The van der Waals surface area contributed by atoms with Crippen molar-refractivity contribution < 1.29 is 0 Å². The first kappa shape index (κ1) is 14.8. The van der Waals surface area contributed by atoms with E-state index >= 15 is 0 Å². The number of hydrogen-bond donors (Lipinski definition) is 0. The van der Waals surface area contributed by atoms with Gasteiger partial charge in [0.1, 0.15) is 0 Å². The second-order valence-corrected chi connectivity index (χ2v) is 8.16. The second kappa shape index (κ2) is 6.36. The Hall–Kier alpha value is -0.810. The Kier molecular flexibility index (Phi) is 4.27. The lowest BCUT2D eigenvalue weighted by Crippen LogP contribution is -2.54. The van der Waals surface area contributed by atoms with E-state index in [0.717, 1.165) is 54.9 Å². The van der Waals surface area contributed by atoms with Crippen LogP contribution in [0.3, 0.4) is 0 Å². The van der Waals surface area contributed by atoms with Gasteiger partial charge in [0.05, 0.1) is 12.2 Å². The van der Waals surface area contributed by atoms with Crippen LogP contribution in [0, 0.1) is 5.92 Å². The summed E-state index contributed by atoms with van der Waals surface area (Å²) in [4.78, 5) is 14.9. The maximum absolute atomic E-state index is 12.2. The Bertz CT molecular complexity index is 588. The summed E-state index contributed by atoms with van der Waals surface area (Å²) in [6.45, 7) is 3.12. The predicted octanol–water partition coefficient (Wildman–Crippen LogP) is 2.30. The number of aryl methyl sites for hydroxylation is 1. The fourth-order valence-corrected chi connectivity index (χ4v) is 5.05. The Morgan fingerprint density at radius 1 is 1.23 bits per heavy atom. The van der Waals surface area contributed by atoms with Crippen LogP contribution in [0.2, 0.25) is 0 Å². The monoisotopic (exact) mass is 319 g/mol. The summed E-state index contributed by atoms with van der Waals surface area (Å²) in [5.74, 6) is 2.71. The lowest BCUT2D eigenvalue weighted by molar-refractivity contribution is 0.0249. The standard InChI is InChI=1S/C17H25N3OS/c21-17-8-14-12-22-7-6-16(14)18-20(17)11-13-9-19(10-13)15-4-2-1-3-5-15/h8,13,15H,1-7,9-12H2. The Labute approximate surface area is 136 Å². The third-order valence-corrected chi connectivity index (χ3v) is 6.42. The van der Waals surface area contributed by atoms with Crippen molar-refractivity contribution in [3.63, 3.8) is 0 Å². The molecule has 1 aromatic rings. The molecule has 120 valence electrons. The zero-order valence-electron chi connectivity index (χ0n) is 13.2. The highest BCUT2D eigenvalue weighted by molar-refractivity contribution is 7.98. The quantitative estimate of drug-likeness (QED) is 0.857. The largest absolute Gasteiger partial charge is 0.300 e. The molecule has 2 aliphatic heterocycles. The number of fused-ring (bicyclic) bond motifs is 1. The molecule has 3 aliphatic rings. The molecule has 1 aromatic heterocycles. The average molecular weight is 319 g/mol. The summed E-state index contributed by atoms with van der Waals surface area (Å²) in [5.41, 5.74) is 2.41. The molecule has 1 saturated carbocycles. The molecule has 1 aliphatic carbocycles. The minimum Gasteiger partial charge on any atom is -0.300 e. The normalized spacial score (nSPS) is 24.0. The number of nitrogens with zero attached hydrogens (tertiary/aromatic N) is 3. The van der Waals surface area contributed by atoms with Crippen LogP contribution in [0.5, 0.6) is 0 Å². The summed E-state index contributed by atoms with van der Waals surface area (Å²) < 4.78 is 1.73. The van der Waals surface area contributed by atoms with Gasteiger partial charge in [-0.25, -0.2) is 4.68 Å². The Morgan fingerprint density at radius 3 is 2.86 bits per heavy atom. The molecule has 0 aromatic carbocycles. The fourth-order valence-electron chi connectivity index (χ4n) is 4.10. The maximum atomic E-state index is 12.2. The van der Waals surface area contributed by atoms with Crippen LogP contribution in [0.1, 0.15) is 43.4 Å². The van der Waals surface area contributed by atoms with Crippen LogP contribution in [0.15, 0.2) is 10.9 Å². The van der Waals surface area contributed by atoms with Crippen LogP contribution in [0.25, 0.3) is 0 Å². The smallest absolute Gasteiger partial charge is 0.267 e. The molecule has 1 saturated heterocycles. The van der Waals surface area contributed by atoms with E-state index in [0.29, 0.717) is 5.92 Å². The summed E-state index contributed by atoms with van der Waals surface area (Å²) in [7, 11) is 0. The molecule has 2 fully saturated rings. The van der Waals surface area contributed by atoms with Gasteiger partial charge in [-0.1, -0.05) is 19.3 Å². The van der Waals surface area contributed by atoms with Crippen molar-refractivity contribution in [2.45, 2.75) is 56.9 Å². The molecule has 5 heteroatoms. The van der Waals surface area contributed by atoms with Gasteiger partial charge in [0.2, 0.25) is 0 Å². The van der Waals surface area contributed by atoms with Gasteiger partial charge < -0.3 is 0 Å². The van der Waals surface area contributed by atoms with Crippen LogP contribution in [0.4, 0.5) is 0 Å².